The Kier molecular flexibility index (Phi) is 11.2. The maximum atomic E-state index is 12.4. The molecule has 0 saturated heterocycles. The van der Waals surface area contributed by atoms with Gasteiger partial charge in [-0.15, -0.1) is 0 Å². The first-order chi connectivity index (χ1) is 13.3. The van der Waals surface area contributed by atoms with E-state index in [0.717, 1.165) is 44.5 Å². The average Bonchev–Trinajstić information content (AvgIpc) is 2.63. The van der Waals surface area contributed by atoms with Crippen molar-refractivity contribution in [2.45, 2.75) is 91.8 Å². The highest BCUT2D eigenvalue weighted by Gasteiger charge is 2.19. The fourth-order valence-corrected chi connectivity index (χ4v) is 3.80. The van der Waals surface area contributed by atoms with Crippen LogP contribution < -0.4 is 4.74 Å². The molecule has 0 aliphatic heterocycles. The molecule has 0 heterocycles. The summed E-state index contributed by atoms with van der Waals surface area (Å²) in [6, 6.07) is 9.43. The minimum Gasteiger partial charge on any atom is -0.497 e. The van der Waals surface area contributed by atoms with Gasteiger partial charge in [0.2, 0.25) is 5.91 Å². The summed E-state index contributed by atoms with van der Waals surface area (Å²) in [4.78, 5) is 17.0. The molecule has 0 aliphatic carbocycles. The van der Waals surface area contributed by atoms with E-state index in [1.165, 1.54) is 5.56 Å². The van der Waals surface area contributed by atoms with Crippen LogP contribution in [0.2, 0.25) is 0 Å². The van der Waals surface area contributed by atoms with Crippen molar-refractivity contribution in [2.75, 3.05) is 20.2 Å². The van der Waals surface area contributed by atoms with Crippen LogP contribution in [0, 0.1) is 0 Å². The predicted octanol–water partition coefficient (Wildman–Crippen LogP) is 5.15. The van der Waals surface area contributed by atoms with Crippen molar-refractivity contribution in [3.63, 3.8) is 0 Å². The number of benzene rings is 1. The molecule has 0 saturated carbocycles. The van der Waals surface area contributed by atoms with Crippen LogP contribution in [0.15, 0.2) is 24.3 Å². The van der Waals surface area contributed by atoms with E-state index in [4.69, 9.17) is 4.74 Å². The highest BCUT2D eigenvalue weighted by molar-refractivity contribution is 5.76. The Balaban J connectivity index is 2.36. The third-order valence-electron chi connectivity index (χ3n) is 5.29. The lowest BCUT2D eigenvalue weighted by molar-refractivity contribution is -0.134. The van der Waals surface area contributed by atoms with Crippen LogP contribution in [-0.2, 0) is 11.2 Å². The summed E-state index contributed by atoms with van der Waals surface area (Å²) in [7, 11) is 1.71. The van der Waals surface area contributed by atoms with Crippen molar-refractivity contribution in [1.29, 1.82) is 0 Å². The second-order valence-electron chi connectivity index (χ2n) is 8.53. The molecule has 160 valence electrons. The lowest BCUT2D eigenvalue weighted by atomic mass is 10.1. The second kappa shape index (κ2) is 12.8. The number of rotatable bonds is 13. The Labute approximate surface area is 173 Å². The second-order valence-corrected chi connectivity index (χ2v) is 8.53. The van der Waals surface area contributed by atoms with E-state index in [-0.39, 0.29) is 12.1 Å². The number of carbonyl (C=O) groups is 1. The zero-order valence-corrected chi connectivity index (χ0v) is 19.2. The molecule has 4 nitrogen and oxygen atoms in total. The Morgan fingerprint density at radius 1 is 0.929 bits per heavy atom. The van der Waals surface area contributed by atoms with Crippen molar-refractivity contribution in [1.82, 2.24) is 9.80 Å². The van der Waals surface area contributed by atoms with Crippen LogP contribution in [-0.4, -0.2) is 54.0 Å². The number of methoxy groups -OCH3 is 1. The SMILES string of the molecule is COc1cccc(CCN(CCCCCC(=O)N(C(C)C)C(C)C)C(C)C)c1. The van der Waals surface area contributed by atoms with Crippen molar-refractivity contribution in [3.8, 4) is 5.75 Å². The molecule has 0 atom stereocenters. The van der Waals surface area contributed by atoms with Gasteiger partial charge in [-0.3, -0.25) is 4.79 Å². The fraction of sp³-hybridized carbons (Fsp3) is 0.708. The first-order valence-corrected chi connectivity index (χ1v) is 10.9. The van der Waals surface area contributed by atoms with Gasteiger partial charge in [-0.1, -0.05) is 18.6 Å². The number of ether oxygens (including phenoxy) is 1. The van der Waals surface area contributed by atoms with Crippen LogP contribution in [0.1, 0.15) is 72.8 Å². The number of nitrogens with zero attached hydrogens (tertiary/aromatic N) is 2. The molecule has 0 bridgehead atoms. The van der Waals surface area contributed by atoms with E-state index >= 15 is 0 Å². The van der Waals surface area contributed by atoms with E-state index in [1.807, 2.05) is 11.0 Å². The fourth-order valence-electron chi connectivity index (χ4n) is 3.80. The molecule has 0 aromatic heterocycles. The predicted molar refractivity (Wildman–Crippen MR) is 119 cm³/mol. The summed E-state index contributed by atoms with van der Waals surface area (Å²) in [5, 5.41) is 0. The number of amides is 1. The first-order valence-electron chi connectivity index (χ1n) is 10.9. The van der Waals surface area contributed by atoms with Gasteiger partial charge < -0.3 is 14.5 Å². The molecule has 1 amide bonds. The molecule has 4 heteroatoms. The Bertz CT molecular complexity index is 561. The molecule has 0 aliphatic rings. The van der Waals surface area contributed by atoms with Gasteiger partial charge in [0, 0.05) is 31.1 Å². The molecule has 0 N–H and O–H groups in total. The Morgan fingerprint density at radius 3 is 2.18 bits per heavy atom. The zero-order chi connectivity index (χ0) is 21.1. The monoisotopic (exact) mass is 390 g/mol. The molecule has 1 rings (SSSR count). The zero-order valence-electron chi connectivity index (χ0n) is 19.2. The lowest BCUT2D eigenvalue weighted by Gasteiger charge is -2.31. The maximum absolute atomic E-state index is 12.4. The van der Waals surface area contributed by atoms with Crippen LogP contribution in [0.5, 0.6) is 5.75 Å². The smallest absolute Gasteiger partial charge is 0.223 e. The lowest BCUT2D eigenvalue weighted by Crippen LogP contribution is -2.41. The standard InChI is InChI=1S/C24H42N2O2/c1-19(2)25(17-15-22-12-11-13-23(18-22)28-7)16-10-8-9-14-24(27)26(20(3)4)21(5)6/h11-13,18-21H,8-10,14-17H2,1-7H3. The molecule has 0 unspecified atom stereocenters. The maximum Gasteiger partial charge on any atom is 0.223 e. The van der Waals surface area contributed by atoms with Crippen LogP contribution in [0.25, 0.3) is 0 Å². The van der Waals surface area contributed by atoms with Crippen LogP contribution in [0.4, 0.5) is 0 Å². The van der Waals surface area contributed by atoms with Crippen LogP contribution >= 0.6 is 0 Å². The summed E-state index contributed by atoms with van der Waals surface area (Å²) in [6.07, 6.45) is 4.94. The largest absolute Gasteiger partial charge is 0.497 e. The highest BCUT2D eigenvalue weighted by atomic mass is 16.5. The molecule has 0 fully saturated rings. The van der Waals surface area contributed by atoms with E-state index in [1.54, 1.807) is 7.11 Å². The van der Waals surface area contributed by atoms with E-state index < -0.39 is 0 Å². The molecule has 1 aromatic rings. The van der Waals surface area contributed by atoms with Gasteiger partial charge >= 0.3 is 0 Å². The average molecular weight is 391 g/mol. The third kappa shape index (κ3) is 8.64. The minimum absolute atomic E-state index is 0.278. The number of carbonyl (C=O) groups excluding carboxylic acids is 1. The highest BCUT2D eigenvalue weighted by Crippen LogP contribution is 2.15. The molecule has 0 spiro atoms. The topological polar surface area (TPSA) is 32.8 Å². The van der Waals surface area contributed by atoms with Crippen molar-refractivity contribution in [2.24, 2.45) is 0 Å². The van der Waals surface area contributed by atoms with Gasteiger partial charge in [0.25, 0.3) is 0 Å². The van der Waals surface area contributed by atoms with Crippen molar-refractivity contribution in [3.05, 3.63) is 29.8 Å². The van der Waals surface area contributed by atoms with E-state index in [9.17, 15) is 4.79 Å². The summed E-state index contributed by atoms with van der Waals surface area (Å²) in [5.74, 6) is 1.22. The van der Waals surface area contributed by atoms with Gasteiger partial charge in [0.1, 0.15) is 5.75 Å². The summed E-state index contributed by atoms with van der Waals surface area (Å²) in [6.45, 7) is 15.1. The minimum atomic E-state index is 0.278. The molecule has 1 aromatic carbocycles. The van der Waals surface area contributed by atoms with Gasteiger partial charge in [0.05, 0.1) is 7.11 Å². The molecular formula is C24H42N2O2. The van der Waals surface area contributed by atoms with Gasteiger partial charge in [-0.2, -0.15) is 0 Å². The van der Waals surface area contributed by atoms with Crippen molar-refractivity contribution >= 4 is 5.91 Å². The number of unbranched alkanes of at least 4 members (excludes halogenated alkanes) is 2. The number of hydrogen-bond acceptors (Lipinski definition) is 3. The Morgan fingerprint density at radius 2 is 1.61 bits per heavy atom. The molecule has 0 radical (unpaired) electrons. The van der Waals surface area contributed by atoms with Gasteiger partial charge in [-0.05, 0) is 85.0 Å². The number of hydrogen-bond donors (Lipinski definition) is 0. The summed E-state index contributed by atoms with van der Waals surface area (Å²) >= 11 is 0. The van der Waals surface area contributed by atoms with Crippen molar-refractivity contribution < 1.29 is 9.53 Å². The van der Waals surface area contributed by atoms with Crippen LogP contribution in [0.3, 0.4) is 0 Å². The Hall–Kier alpha value is -1.55. The molecular weight excluding hydrogens is 348 g/mol. The van der Waals surface area contributed by atoms with E-state index in [0.29, 0.717) is 18.4 Å². The van der Waals surface area contributed by atoms with E-state index in [2.05, 4.69) is 64.6 Å². The first kappa shape index (κ1) is 24.5. The summed E-state index contributed by atoms with van der Waals surface area (Å²) in [5.41, 5.74) is 1.32. The van der Waals surface area contributed by atoms with Gasteiger partial charge in [0.15, 0.2) is 0 Å². The third-order valence-corrected chi connectivity index (χ3v) is 5.29. The normalized spacial score (nSPS) is 11.7. The summed E-state index contributed by atoms with van der Waals surface area (Å²) < 4.78 is 5.32. The molecule has 28 heavy (non-hydrogen) atoms. The van der Waals surface area contributed by atoms with Gasteiger partial charge in [-0.25, -0.2) is 0 Å². The quantitative estimate of drug-likeness (QED) is 0.436.